The molecule has 0 radical (unpaired) electrons. The number of hydrogen-bond acceptors (Lipinski definition) is 6. The fourth-order valence-electron chi connectivity index (χ4n) is 0.683. The quantitative estimate of drug-likeness (QED) is 0.510. The van der Waals surface area contributed by atoms with Gasteiger partial charge in [0.05, 0.1) is 0 Å². The van der Waals surface area contributed by atoms with Gasteiger partial charge in [-0.15, -0.1) is 0 Å². The summed E-state index contributed by atoms with van der Waals surface area (Å²) in [5.74, 6) is 0.201. The molecule has 0 fully saturated rings. The van der Waals surface area contributed by atoms with Gasteiger partial charge < -0.3 is 16.6 Å². The molecular weight excluding hydrogens is 158 g/mol. The van der Waals surface area contributed by atoms with E-state index in [1.165, 1.54) is 0 Å². The Balaban J connectivity index is 3.18. The summed E-state index contributed by atoms with van der Waals surface area (Å²) >= 11 is 0. The van der Waals surface area contributed by atoms with E-state index >= 15 is 0 Å². The first-order valence-corrected chi connectivity index (χ1v) is 3.39. The van der Waals surface area contributed by atoms with Crippen molar-refractivity contribution < 1.29 is 5.11 Å². The minimum absolute atomic E-state index is 0.0135. The maximum atomic E-state index is 9.47. The Labute approximate surface area is 69.7 Å². The molecule has 6 nitrogen and oxygen atoms in total. The summed E-state index contributed by atoms with van der Waals surface area (Å²) in [5, 5.41) is 9.47. The molecule has 0 saturated carbocycles. The number of aromatic nitrogens is 3. The minimum atomic E-state index is -1.15. The fraction of sp³-hybridized carbons (Fsp3) is 0.500. The molecule has 0 aliphatic carbocycles. The van der Waals surface area contributed by atoms with E-state index in [1.54, 1.807) is 13.8 Å². The van der Waals surface area contributed by atoms with Gasteiger partial charge in [-0.25, -0.2) is 0 Å². The largest absolute Gasteiger partial charge is 0.382 e. The number of aliphatic hydroxyl groups is 1. The topological polar surface area (TPSA) is 111 Å². The second-order valence-electron chi connectivity index (χ2n) is 2.93. The summed E-state index contributed by atoms with van der Waals surface area (Å²) in [6, 6.07) is 0. The molecule has 0 aliphatic heterocycles. The van der Waals surface area contributed by atoms with Gasteiger partial charge in [0.1, 0.15) is 5.60 Å². The molecular formula is C6H11N5O. The van der Waals surface area contributed by atoms with E-state index in [9.17, 15) is 5.11 Å². The van der Waals surface area contributed by atoms with Gasteiger partial charge in [0.25, 0.3) is 0 Å². The summed E-state index contributed by atoms with van der Waals surface area (Å²) in [6.45, 7) is 3.09. The van der Waals surface area contributed by atoms with Gasteiger partial charge >= 0.3 is 0 Å². The van der Waals surface area contributed by atoms with Gasteiger partial charge in [0, 0.05) is 0 Å². The first-order chi connectivity index (χ1) is 5.39. The van der Waals surface area contributed by atoms with Crippen molar-refractivity contribution in [1.29, 1.82) is 0 Å². The number of hydrogen-bond donors (Lipinski definition) is 3. The third-order valence-electron chi connectivity index (χ3n) is 1.22. The normalized spacial score (nSPS) is 11.6. The summed E-state index contributed by atoms with van der Waals surface area (Å²) in [7, 11) is 0. The lowest BCUT2D eigenvalue weighted by molar-refractivity contribution is 0.0688. The Kier molecular flexibility index (Phi) is 1.85. The predicted octanol–water partition coefficient (Wildman–Crippen LogP) is -0.737. The van der Waals surface area contributed by atoms with Crippen molar-refractivity contribution in [2.75, 3.05) is 11.5 Å². The molecule has 0 atom stereocenters. The van der Waals surface area contributed by atoms with Crippen molar-refractivity contribution in [2.45, 2.75) is 19.4 Å². The standard InChI is InChI=1S/C6H11N5O/c1-6(2,12)3-9-4(7)11-5(8)10-3/h12H,1-2H3,(H4,7,8,9,10,11). The summed E-state index contributed by atoms with van der Waals surface area (Å²) in [6.07, 6.45) is 0. The number of rotatable bonds is 1. The van der Waals surface area contributed by atoms with Crippen molar-refractivity contribution >= 4 is 11.9 Å². The Morgan fingerprint density at radius 2 is 1.50 bits per heavy atom. The lowest BCUT2D eigenvalue weighted by Gasteiger charge is -2.14. The van der Waals surface area contributed by atoms with E-state index in [1.807, 2.05) is 0 Å². The molecule has 1 rings (SSSR count). The van der Waals surface area contributed by atoms with Crippen LogP contribution in [0, 0.1) is 0 Å². The van der Waals surface area contributed by atoms with Gasteiger partial charge in [0.2, 0.25) is 11.9 Å². The molecule has 1 aromatic rings. The Morgan fingerprint density at radius 3 is 1.83 bits per heavy atom. The molecule has 0 amide bonds. The molecule has 5 N–H and O–H groups in total. The van der Waals surface area contributed by atoms with Crippen molar-refractivity contribution in [3.05, 3.63) is 5.82 Å². The Bertz CT molecular complexity index is 272. The molecule has 0 saturated heterocycles. The maximum Gasteiger partial charge on any atom is 0.225 e. The van der Waals surface area contributed by atoms with Crippen molar-refractivity contribution in [2.24, 2.45) is 0 Å². The molecule has 0 aromatic carbocycles. The van der Waals surface area contributed by atoms with Gasteiger partial charge in [-0.05, 0) is 13.8 Å². The minimum Gasteiger partial charge on any atom is -0.382 e. The highest BCUT2D eigenvalue weighted by Crippen LogP contribution is 2.15. The highest BCUT2D eigenvalue weighted by molar-refractivity contribution is 5.27. The molecule has 66 valence electrons. The third-order valence-corrected chi connectivity index (χ3v) is 1.22. The van der Waals surface area contributed by atoms with Crippen LogP contribution in [-0.2, 0) is 5.60 Å². The maximum absolute atomic E-state index is 9.47. The zero-order valence-corrected chi connectivity index (χ0v) is 6.94. The SMILES string of the molecule is CC(C)(O)c1nc(N)nc(N)n1. The monoisotopic (exact) mass is 169 g/mol. The first-order valence-electron chi connectivity index (χ1n) is 3.39. The zero-order valence-electron chi connectivity index (χ0n) is 6.94. The average Bonchev–Trinajstić information content (AvgIpc) is 1.82. The second kappa shape index (κ2) is 2.56. The number of nitrogens with two attached hydrogens (primary N) is 2. The third kappa shape index (κ3) is 1.79. The molecule has 0 spiro atoms. The lowest BCUT2D eigenvalue weighted by atomic mass is 10.1. The van der Waals surface area contributed by atoms with Crippen LogP contribution in [0.15, 0.2) is 0 Å². The van der Waals surface area contributed by atoms with E-state index in [2.05, 4.69) is 15.0 Å². The molecule has 1 heterocycles. The van der Waals surface area contributed by atoms with Crippen LogP contribution in [0.5, 0.6) is 0 Å². The van der Waals surface area contributed by atoms with Crippen LogP contribution in [0.4, 0.5) is 11.9 Å². The van der Waals surface area contributed by atoms with Gasteiger partial charge in [-0.3, -0.25) is 0 Å². The van der Waals surface area contributed by atoms with E-state index in [0.29, 0.717) is 0 Å². The Morgan fingerprint density at radius 1 is 1.08 bits per heavy atom. The summed E-state index contributed by atoms with van der Waals surface area (Å²) in [4.78, 5) is 11.0. The number of nitrogens with zero attached hydrogens (tertiary/aromatic N) is 3. The zero-order chi connectivity index (χ0) is 9.35. The van der Waals surface area contributed by atoms with Crippen molar-refractivity contribution in [1.82, 2.24) is 15.0 Å². The van der Waals surface area contributed by atoms with Crippen LogP contribution in [0.1, 0.15) is 19.7 Å². The van der Waals surface area contributed by atoms with Crippen LogP contribution in [-0.4, -0.2) is 20.1 Å². The molecule has 1 aromatic heterocycles. The van der Waals surface area contributed by atoms with E-state index < -0.39 is 5.60 Å². The van der Waals surface area contributed by atoms with Crippen LogP contribution < -0.4 is 11.5 Å². The molecule has 0 unspecified atom stereocenters. The molecule has 0 bridgehead atoms. The highest BCUT2D eigenvalue weighted by Gasteiger charge is 2.20. The Hall–Kier alpha value is -1.43. The smallest absolute Gasteiger partial charge is 0.225 e. The summed E-state index contributed by atoms with van der Waals surface area (Å²) < 4.78 is 0. The molecule has 12 heavy (non-hydrogen) atoms. The molecule has 0 aliphatic rings. The lowest BCUT2D eigenvalue weighted by Crippen LogP contribution is -2.21. The van der Waals surface area contributed by atoms with Gasteiger partial charge in [-0.2, -0.15) is 15.0 Å². The van der Waals surface area contributed by atoms with E-state index in [-0.39, 0.29) is 17.7 Å². The first kappa shape index (κ1) is 8.66. The van der Waals surface area contributed by atoms with Crippen LogP contribution in [0.25, 0.3) is 0 Å². The summed E-state index contributed by atoms with van der Waals surface area (Å²) in [5.41, 5.74) is 9.46. The van der Waals surface area contributed by atoms with Gasteiger partial charge in [0.15, 0.2) is 5.82 Å². The second-order valence-corrected chi connectivity index (χ2v) is 2.93. The van der Waals surface area contributed by atoms with Crippen LogP contribution in [0.3, 0.4) is 0 Å². The number of nitrogen functional groups attached to an aromatic ring is 2. The molecule has 6 heteroatoms. The average molecular weight is 169 g/mol. The van der Waals surface area contributed by atoms with Crippen molar-refractivity contribution in [3.63, 3.8) is 0 Å². The highest BCUT2D eigenvalue weighted by atomic mass is 16.3. The number of anilines is 2. The van der Waals surface area contributed by atoms with Crippen LogP contribution in [0.2, 0.25) is 0 Å². The van der Waals surface area contributed by atoms with Crippen LogP contribution >= 0.6 is 0 Å². The van der Waals surface area contributed by atoms with E-state index in [0.717, 1.165) is 0 Å². The van der Waals surface area contributed by atoms with E-state index in [4.69, 9.17) is 11.5 Å². The predicted molar refractivity (Wildman–Crippen MR) is 43.9 cm³/mol. The van der Waals surface area contributed by atoms with Crippen molar-refractivity contribution in [3.8, 4) is 0 Å². The fourth-order valence-corrected chi connectivity index (χ4v) is 0.683. The van der Waals surface area contributed by atoms with Gasteiger partial charge in [-0.1, -0.05) is 0 Å².